The van der Waals surface area contributed by atoms with Gasteiger partial charge in [0.15, 0.2) is 5.75 Å². The van der Waals surface area contributed by atoms with Gasteiger partial charge in [0, 0.05) is 80.5 Å². The van der Waals surface area contributed by atoms with Crippen LogP contribution in [0.1, 0.15) is 77.2 Å². The van der Waals surface area contributed by atoms with Crippen LogP contribution in [0, 0.1) is 30.6 Å². The van der Waals surface area contributed by atoms with Crippen molar-refractivity contribution in [1.29, 1.82) is 0 Å². The fourth-order valence-electron chi connectivity index (χ4n) is 9.01. The van der Waals surface area contributed by atoms with E-state index >= 15 is 0 Å². The Bertz CT molecular complexity index is 2330. The van der Waals surface area contributed by atoms with Gasteiger partial charge in [0.25, 0.3) is 11.7 Å². The number of aliphatic imine (C=N–C) groups is 1. The lowest BCUT2D eigenvalue weighted by Gasteiger charge is -2.42. The number of phenolic OH excluding ortho intramolecular Hbond substituents is 2. The maximum atomic E-state index is 14.8. The zero-order chi connectivity index (χ0) is 47.0. The molecule has 346 valence electrons. The minimum atomic E-state index is -2.02. The molecule has 2 aromatic carbocycles. The summed E-state index contributed by atoms with van der Waals surface area (Å²) in [5.74, 6) is -7.37. The summed E-state index contributed by atoms with van der Waals surface area (Å²) in [5.41, 5.74) is -0.448. The molecule has 2 aromatic rings. The predicted molar refractivity (Wildman–Crippen MR) is 239 cm³/mol. The normalized spacial score (nSPS) is 29.4. The Labute approximate surface area is 372 Å². The van der Waals surface area contributed by atoms with Crippen LogP contribution in [-0.2, 0) is 28.5 Å². The summed E-state index contributed by atoms with van der Waals surface area (Å²) in [4.78, 5) is 60.2. The van der Waals surface area contributed by atoms with E-state index < -0.39 is 94.7 Å². The van der Waals surface area contributed by atoms with Gasteiger partial charge in [-0.25, -0.2) is 4.79 Å². The highest BCUT2D eigenvalue weighted by Gasteiger charge is 2.51. The number of anilines is 2. The Morgan fingerprint density at radius 1 is 1.00 bits per heavy atom. The van der Waals surface area contributed by atoms with Crippen LogP contribution in [0.5, 0.6) is 17.2 Å². The van der Waals surface area contributed by atoms with Gasteiger partial charge in [-0.05, 0) is 32.8 Å². The molecule has 0 aromatic heterocycles. The number of phenols is 2. The molecule has 2 amide bonds. The number of amides is 2. The van der Waals surface area contributed by atoms with Crippen LogP contribution in [0.15, 0.2) is 53.8 Å². The lowest BCUT2D eigenvalue weighted by atomic mass is 9.78. The SMILES string of the molecule is C=CCOC(=O)N1CCC2(C=Nc3c4c(O)c5c(O)c(C)c6c(c5c3N2)C(=O)[C@@](C)(OC=C[C@H](OC)[C@@H](C)[C@@H](OC(C)=O)[C@H](C)[C@H](O)[C@H](C)[C@@H](O)[C@@H](C)C=CC=C(C)C(=O)N4)O6)CC1. The maximum absolute atomic E-state index is 14.8. The monoisotopic (exact) mass is 888 g/mol. The first-order chi connectivity index (χ1) is 30.2. The topological polar surface area (TPSA) is 235 Å². The number of Topliss-reactive ketones (excluding diaryl/α,β-unsaturated/α-hetero) is 1. The minimum Gasteiger partial charge on any atom is -0.507 e. The number of nitrogens with one attached hydrogen (secondary N) is 2. The van der Waals surface area contributed by atoms with Crippen LogP contribution in [0.4, 0.5) is 21.9 Å². The van der Waals surface area contributed by atoms with E-state index in [4.69, 9.17) is 28.7 Å². The van der Waals surface area contributed by atoms with E-state index in [2.05, 4.69) is 17.2 Å². The van der Waals surface area contributed by atoms with Gasteiger partial charge in [-0.2, -0.15) is 0 Å². The minimum absolute atomic E-state index is 0.00881. The van der Waals surface area contributed by atoms with Crippen molar-refractivity contribution in [2.45, 2.75) is 104 Å². The first-order valence-electron chi connectivity index (χ1n) is 21.5. The quantitative estimate of drug-likeness (QED) is 0.0852. The number of carbonyl (C=O) groups excluding carboxylic acids is 4. The number of benzene rings is 2. The number of aromatic hydroxyl groups is 2. The Hall–Kier alpha value is -5.91. The van der Waals surface area contributed by atoms with Crippen molar-refractivity contribution < 1.29 is 63.3 Å². The summed E-state index contributed by atoms with van der Waals surface area (Å²) < 4.78 is 29.2. The second kappa shape index (κ2) is 18.7. The number of likely N-dealkylation sites (tertiary alicyclic amines) is 1. The molecule has 1 saturated heterocycles. The number of nitrogens with zero attached hydrogens (tertiary/aromatic N) is 2. The first-order valence-corrected chi connectivity index (χ1v) is 21.5. The summed E-state index contributed by atoms with van der Waals surface area (Å²) >= 11 is 0. The zero-order valence-electron chi connectivity index (χ0n) is 37.8. The number of esters is 1. The van der Waals surface area contributed by atoms with Crippen molar-refractivity contribution in [2.24, 2.45) is 28.7 Å². The van der Waals surface area contributed by atoms with Gasteiger partial charge in [-0.1, -0.05) is 58.6 Å². The second-order valence-electron chi connectivity index (χ2n) is 17.5. The fraction of sp³-hybridized carbons (Fsp3) is 0.511. The van der Waals surface area contributed by atoms with Gasteiger partial charge < -0.3 is 59.6 Å². The summed E-state index contributed by atoms with van der Waals surface area (Å²) in [5, 5.41) is 53.2. The molecule has 4 aliphatic heterocycles. The van der Waals surface area contributed by atoms with Crippen LogP contribution >= 0.6 is 0 Å². The number of ketones is 1. The molecule has 0 radical (unpaired) electrons. The third-order valence-corrected chi connectivity index (χ3v) is 13.0. The molecule has 9 atom stereocenters. The lowest BCUT2D eigenvalue weighted by Crippen LogP contribution is -2.52. The smallest absolute Gasteiger partial charge is 0.410 e. The average Bonchev–Trinajstić information content (AvgIpc) is 3.53. The van der Waals surface area contributed by atoms with E-state index in [1.165, 1.54) is 52.4 Å². The van der Waals surface area contributed by atoms with Crippen molar-refractivity contribution in [3.05, 3.63) is 59.9 Å². The third-order valence-electron chi connectivity index (χ3n) is 13.0. The van der Waals surface area contributed by atoms with Crippen molar-refractivity contribution in [2.75, 3.05) is 37.4 Å². The van der Waals surface area contributed by atoms with Gasteiger partial charge in [0.1, 0.15) is 35.6 Å². The van der Waals surface area contributed by atoms with Crippen molar-refractivity contribution in [3.8, 4) is 17.2 Å². The van der Waals surface area contributed by atoms with Crippen LogP contribution < -0.4 is 15.4 Å². The Morgan fingerprint density at radius 2 is 1.69 bits per heavy atom. The molecular weight excluding hydrogens is 829 g/mol. The van der Waals surface area contributed by atoms with Crippen LogP contribution in [0.2, 0.25) is 0 Å². The molecule has 17 heteroatoms. The summed E-state index contributed by atoms with van der Waals surface area (Å²) in [6.45, 7) is 16.9. The fourth-order valence-corrected chi connectivity index (χ4v) is 9.01. The van der Waals surface area contributed by atoms with Crippen molar-refractivity contribution >= 4 is 57.8 Å². The molecule has 1 fully saturated rings. The van der Waals surface area contributed by atoms with E-state index in [1.54, 1.807) is 57.9 Å². The summed E-state index contributed by atoms with van der Waals surface area (Å²) in [7, 11) is 1.45. The van der Waals surface area contributed by atoms with E-state index in [0.29, 0.717) is 12.8 Å². The van der Waals surface area contributed by atoms with Gasteiger partial charge in [-0.15, -0.1) is 0 Å². The number of hydrogen-bond donors (Lipinski definition) is 6. The standard InChI is InChI=1S/C47H60N4O13/c1-11-20-61-45(59)51-18-16-47(17-19-51)22-48-35-34(50-47)31-32-39(55)28(7)42-33(31)43(57)46(9,64-42)62-21-15-30(60-10)25(4)41(63-29(8)52)27(6)38(54)26(5)37(53)23(2)13-12-14-24(3)44(58)49-36(35)40(32)56/h11-15,21-23,25-27,30,37-38,41,50,53-56H,1,16-20H2,2-10H3,(H,49,58)/t23-,25+,26+,27+,30-,37-,38+,41+,46-/m0/s1. The number of hydrogen-bond acceptors (Lipinski definition) is 15. The van der Waals surface area contributed by atoms with Crippen LogP contribution in [0.3, 0.4) is 0 Å². The number of aliphatic hydroxyl groups is 2. The maximum Gasteiger partial charge on any atom is 0.410 e. The number of piperidine rings is 1. The molecule has 4 bridgehead atoms. The highest BCUT2D eigenvalue weighted by molar-refractivity contribution is 6.26. The van der Waals surface area contributed by atoms with E-state index in [0.717, 1.165) is 0 Å². The van der Waals surface area contributed by atoms with E-state index in [9.17, 15) is 39.6 Å². The molecule has 17 nitrogen and oxygen atoms in total. The highest BCUT2D eigenvalue weighted by Crippen LogP contribution is 2.58. The largest absolute Gasteiger partial charge is 0.507 e. The summed E-state index contributed by atoms with van der Waals surface area (Å²) in [6.07, 6.45) is 7.03. The number of ether oxygens (including phenoxy) is 5. The number of allylic oxidation sites excluding steroid dienone is 2. The van der Waals surface area contributed by atoms with Gasteiger partial charge in [0.05, 0.1) is 46.7 Å². The number of fused-ring (bicyclic) bond motifs is 1. The Morgan fingerprint density at radius 3 is 2.33 bits per heavy atom. The molecule has 6 rings (SSSR count). The molecular formula is C47H60N4O13. The molecule has 0 aliphatic carbocycles. The van der Waals surface area contributed by atoms with Crippen LogP contribution in [-0.4, -0.2) is 118 Å². The lowest BCUT2D eigenvalue weighted by molar-refractivity contribution is -0.160. The Balaban J connectivity index is 1.51. The molecule has 64 heavy (non-hydrogen) atoms. The molecule has 6 N–H and O–H groups in total. The second-order valence-corrected chi connectivity index (χ2v) is 17.5. The van der Waals surface area contributed by atoms with E-state index in [-0.39, 0.29) is 70.0 Å². The number of carbonyl (C=O) groups is 4. The average molecular weight is 889 g/mol. The van der Waals surface area contributed by atoms with Gasteiger partial charge in [-0.3, -0.25) is 19.4 Å². The molecule has 4 aliphatic rings. The Kier molecular flexibility index (Phi) is 13.9. The number of rotatable bonds is 4. The van der Waals surface area contributed by atoms with Gasteiger partial charge >= 0.3 is 17.8 Å². The first kappa shape index (κ1) is 47.6. The van der Waals surface area contributed by atoms with Crippen molar-refractivity contribution in [3.63, 3.8) is 0 Å². The van der Waals surface area contributed by atoms with Crippen molar-refractivity contribution in [1.82, 2.24) is 4.90 Å². The molecule has 0 saturated carbocycles. The number of methoxy groups -OCH3 is 1. The van der Waals surface area contributed by atoms with Crippen LogP contribution in [0.25, 0.3) is 10.8 Å². The molecule has 4 heterocycles. The zero-order valence-corrected chi connectivity index (χ0v) is 37.8. The molecule has 1 spiro atoms. The predicted octanol–water partition coefficient (Wildman–Crippen LogP) is 6.33. The highest BCUT2D eigenvalue weighted by atomic mass is 16.7. The third kappa shape index (κ3) is 8.80. The van der Waals surface area contributed by atoms with Gasteiger partial charge in [0.2, 0.25) is 0 Å². The number of aliphatic hydroxyl groups excluding tert-OH is 2. The molecule has 0 unspecified atom stereocenters. The summed E-state index contributed by atoms with van der Waals surface area (Å²) in [6, 6.07) is 0. The van der Waals surface area contributed by atoms with E-state index in [1.807, 2.05) is 0 Å².